The van der Waals surface area contributed by atoms with Crippen molar-refractivity contribution in [2.75, 3.05) is 19.8 Å². The van der Waals surface area contributed by atoms with E-state index in [1.54, 1.807) is 13.0 Å². The maximum Gasteiger partial charge on any atom is 0.245 e. The number of morpholine rings is 1. The Morgan fingerprint density at radius 1 is 1.40 bits per heavy atom. The number of ether oxygens (including phenoxy) is 1. The number of fused-ring (bicyclic) bond motifs is 1. The standard InChI is InChI=1S/C18H21FN2O4/c1-10-14-8-13(19)4-5-16(14)25-17(10)11(2)20-18(23)15-9-24-7-6-21(15)12(3)22/h4-5,8,11,15H,6-7,9H2,1-3H3,(H,20,23). The molecule has 1 aromatic carbocycles. The van der Waals surface area contributed by atoms with Crippen LogP contribution in [0.15, 0.2) is 22.6 Å². The van der Waals surface area contributed by atoms with E-state index in [-0.39, 0.29) is 24.2 Å². The van der Waals surface area contributed by atoms with E-state index >= 15 is 0 Å². The van der Waals surface area contributed by atoms with Crippen molar-refractivity contribution < 1.29 is 23.1 Å². The van der Waals surface area contributed by atoms with Crippen molar-refractivity contribution in [3.63, 3.8) is 0 Å². The Hall–Kier alpha value is -2.41. The first kappa shape index (κ1) is 17.4. The monoisotopic (exact) mass is 348 g/mol. The van der Waals surface area contributed by atoms with Gasteiger partial charge in [-0.05, 0) is 32.0 Å². The average molecular weight is 348 g/mol. The van der Waals surface area contributed by atoms with Crippen LogP contribution in [0.5, 0.6) is 0 Å². The summed E-state index contributed by atoms with van der Waals surface area (Å²) in [6.07, 6.45) is 0. The molecule has 6 nitrogen and oxygen atoms in total. The van der Waals surface area contributed by atoms with Crippen LogP contribution in [-0.4, -0.2) is 42.5 Å². The van der Waals surface area contributed by atoms with Crippen LogP contribution in [0.4, 0.5) is 4.39 Å². The summed E-state index contributed by atoms with van der Waals surface area (Å²) in [5.74, 6) is -0.226. The van der Waals surface area contributed by atoms with Gasteiger partial charge >= 0.3 is 0 Å². The van der Waals surface area contributed by atoms with Crippen molar-refractivity contribution in [1.29, 1.82) is 0 Å². The Morgan fingerprint density at radius 2 is 2.16 bits per heavy atom. The van der Waals surface area contributed by atoms with Gasteiger partial charge in [-0.25, -0.2) is 4.39 Å². The van der Waals surface area contributed by atoms with E-state index < -0.39 is 12.1 Å². The number of nitrogens with one attached hydrogen (secondary N) is 1. The zero-order chi connectivity index (χ0) is 18.1. The molecule has 2 heterocycles. The smallest absolute Gasteiger partial charge is 0.245 e. The molecule has 2 unspecified atom stereocenters. The molecule has 3 rings (SSSR count). The normalized spacial score (nSPS) is 19.0. The van der Waals surface area contributed by atoms with Gasteiger partial charge in [-0.3, -0.25) is 9.59 Å². The summed E-state index contributed by atoms with van der Waals surface area (Å²) < 4.78 is 24.6. The summed E-state index contributed by atoms with van der Waals surface area (Å²) in [5, 5.41) is 3.55. The molecular formula is C18H21FN2O4. The molecule has 2 atom stereocenters. The first-order chi connectivity index (χ1) is 11.9. The quantitative estimate of drug-likeness (QED) is 0.924. The van der Waals surface area contributed by atoms with Gasteiger partial charge in [0.1, 0.15) is 23.2 Å². The van der Waals surface area contributed by atoms with Crippen molar-refractivity contribution >= 4 is 22.8 Å². The summed E-state index contributed by atoms with van der Waals surface area (Å²) >= 11 is 0. The summed E-state index contributed by atoms with van der Waals surface area (Å²) in [5.41, 5.74) is 1.35. The van der Waals surface area contributed by atoms with Crippen molar-refractivity contribution in [3.05, 3.63) is 35.3 Å². The molecule has 1 aliphatic heterocycles. The fourth-order valence-electron chi connectivity index (χ4n) is 3.20. The minimum Gasteiger partial charge on any atom is -0.459 e. The summed E-state index contributed by atoms with van der Waals surface area (Å²) in [4.78, 5) is 25.8. The van der Waals surface area contributed by atoms with Crippen molar-refractivity contribution in [2.24, 2.45) is 0 Å². The van der Waals surface area contributed by atoms with Gasteiger partial charge in [0.05, 0.1) is 19.3 Å². The lowest BCUT2D eigenvalue weighted by Gasteiger charge is -2.34. The van der Waals surface area contributed by atoms with Crippen LogP contribution in [0.25, 0.3) is 11.0 Å². The number of hydrogen-bond donors (Lipinski definition) is 1. The van der Waals surface area contributed by atoms with Crippen LogP contribution in [0, 0.1) is 12.7 Å². The number of rotatable bonds is 3. The zero-order valence-corrected chi connectivity index (χ0v) is 14.5. The molecule has 1 saturated heterocycles. The second kappa shape index (κ2) is 6.84. The molecule has 0 radical (unpaired) electrons. The Morgan fingerprint density at radius 3 is 2.88 bits per heavy atom. The number of carbonyl (C=O) groups is 2. The Kier molecular flexibility index (Phi) is 4.76. The second-order valence-corrected chi connectivity index (χ2v) is 6.27. The molecule has 134 valence electrons. The maximum absolute atomic E-state index is 13.4. The van der Waals surface area contributed by atoms with Crippen LogP contribution >= 0.6 is 0 Å². The molecule has 2 aromatic rings. The van der Waals surface area contributed by atoms with E-state index in [2.05, 4.69) is 5.32 Å². The number of benzene rings is 1. The van der Waals surface area contributed by atoms with Gasteiger partial charge in [0, 0.05) is 24.4 Å². The first-order valence-electron chi connectivity index (χ1n) is 8.22. The Labute approximate surface area is 144 Å². The molecule has 1 aromatic heterocycles. The summed E-state index contributed by atoms with van der Waals surface area (Å²) in [6.45, 7) is 6.04. The van der Waals surface area contributed by atoms with E-state index in [1.807, 2.05) is 6.92 Å². The molecule has 0 aliphatic carbocycles. The molecule has 1 N–H and O–H groups in total. The molecule has 7 heteroatoms. The lowest BCUT2D eigenvalue weighted by atomic mass is 10.1. The highest BCUT2D eigenvalue weighted by Crippen LogP contribution is 2.30. The fraction of sp³-hybridized carbons (Fsp3) is 0.444. The minimum atomic E-state index is -0.657. The predicted molar refractivity (Wildman–Crippen MR) is 89.5 cm³/mol. The lowest BCUT2D eigenvalue weighted by Crippen LogP contribution is -2.55. The summed E-state index contributed by atoms with van der Waals surface area (Å²) in [7, 11) is 0. The largest absolute Gasteiger partial charge is 0.459 e. The molecule has 1 aliphatic rings. The molecule has 2 amide bonds. The van der Waals surface area contributed by atoms with E-state index in [0.29, 0.717) is 29.9 Å². The van der Waals surface area contributed by atoms with Gasteiger partial charge in [-0.1, -0.05) is 0 Å². The highest BCUT2D eigenvalue weighted by molar-refractivity contribution is 5.88. The molecule has 0 saturated carbocycles. The third-order valence-corrected chi connectivity index (χ3v) is 4.52. The van der Waals surface area contributed by atoms with Gasteiger partial charge in [0.25, 0.3) is 0 Å². The first-order valence-corrected chi connectivity index (χ1v) is 8.22. The van der Waals surface area contributed by atoms with Crippen LogP contribution in [0.3, 0.4) is 0 Å². The van der Waals surface area contributed by atoms with E-state index in [0.717, 1.165) is 5.56 Å². The SMILES string of the molecule is CC(=O)N1CCOCC1C(=O)NC(C)c1oc2ccc(F)cc2c1C. The van der Waals surface area contributed by atoms with Gasteiger partial charge < -0.3 is 19.4 Å². The number of furan rings is 1. The van der Waals surface area contributed by atoms with Gasteiger partial charge in [-0.15, -0.1) is 0 Å². The maximum atomic E-state index is 13.4. The van der Waals surface area contributed by atoms with Crippen molar-refractivity contribution in [3.8, 4) is 0 Å². The van der Waals surface area contributed by atoms with Crippen molar-refractivity contribution in [2.45, 2.75) is 32.9 Å². The number of aryl methyl sites for hydroxylation is 1. The third-order valence-electron chi connectivity index (χ3n) is 4.52. The highest BCUT2D eigenvalue weighted by Gasteiger charge is 2.32. The van der Waals surface area contributed by atoms with Crippen LogP contribution in [0.1, 0.15) is 31.2 Å². The highest BCUT2D eigenvalue weighted by atomic mass is 19.1. The minimum absolute atomic E-state index is 0.161. The Bertz CT molecular complexity index is 817. The predicted octanol–water partition coefficient (Wildman–Crippen LogP) is 2.30. The van der Waals surface area contributed by atoms with Gasteiger partial charge in [0.15, 0.2) is 0 Å². The van der Waals surface area contributed by atoms with Gasteiger partial charge in [-0.2, -0.15) is 0 Å². The second-order valence-electron chi connectivity index (χ2n) is 6.27. The lowest BCUT2D eigenvalue weighted by molar-refractivity contribution is -0.147. The number of carbonyl (C=O) groups excluding carboxylic acids is 2. The molecular weight excluding hydrogens is 327 g/mol. The van der Waals surface area contributed by atoms with Crippen LogP contribution < -0.4 is 5.32 Å². The van der Waals surface area contributed by atoms with Crippen molar-refractivity contribution in [1.82, 2.24) is 10.2 Å². The number of nitrogens with zero attached hydrogens (tertiary/aromatic N) is 1. The molecule has 25 heavy (non-hydrogen) atoms. The zero-order valence-electron chi connectivity index (χ0n) is 14.5. The number of hydrogen-bond acceptors (Lipinski definition) is 4. The molecule has 1 fully saturated rings. The number of amides is 2. The van der Waals surface area contributed by atoms with Crippen LogP contribution in [-0.2, 0) is 14.3 Å². The third kappa shape index (κ3) is 3.37. The van der Waals surface area contributed by atoms with Crippen LogP contribution in [0.2, 0.25) is 0 Å². The Balaban J connectivity index is 1.79. The average Bonchev–Trinajstić information content (AvgIpc) is 2.91. The molecule has 0 bridgehead atoms. The fourth-order valence-corrected chi connectivity index (χ4v) is 3.20. The van der Waals surface area contributed by atoms with E-state index in [1.165, 1.54) is 24.0 Å². The topological polar surface area (TPSA) is 71.8 Å². The molecule has 0 spiro atoms. The van der Waals surface area contributed by atoms with E-state index in [4.69, 9.17) is 9.15 Å². The number of halogens is 1. The van der Waals surface area contributed by atoms with E-state index in [9.17, 15) is 14.0 Å². The summed E-state index contributed by atoms with van der Waals surface area (Å²) in [6, 6.07) is 3.25. The van der Waals surface area contributed by atoms with Gasteiger partial charge in [0.2, 0.25) is 11.8 Å².